The first-order chi connectivity index (χ1) is 17.6. The highest BCUT2D eigenvalue weighted by Crippen LogP contribution is 2.21. The Morgan fingerprint density at radius 2 is 1.68 bits per heavy atom. The zero-order valence-corrected chi connectivity index (χ0v) is 23.2. The van der Waals surface area contributed by atoms with Crippen molar-refractivity contribution in [1.82, 2.24) is 19.4 Å². The molecule has 3 aromatic rings. The van der Waals surface area contributed by atoms with Crippen molar-refractivity contribution >= 4 is 41.9 Å². The Morgan fingerprint density at radius 1 is 1.05 bits per heavy atom. The first-order valence-electron chi connectivity index (χ1n) is 13.2. The van der Waals surface area contributed by atoms with Gasteiger partial charge in [-0.05, 0) is 43.2 Å². The van der Waals surface area contributed by atoms with Gasteiger partial charge < -0.3 is 24.4 Å². The molecule has 2 N–H and O–H groups in total. The molecular formula is C27H41B2N5O3. The van der Waals surface area contributed by atoms with Crippen LogP contribution in [-0.2, 0) is 13.6 Å². The van der Waals surface area contributed by atoms with Gasteiger partial charge in [0.25, 0.3) is 5.91 Å². The standard InChI is InChI=1S/C26H36BN5O.CH5BO2/c1-6-12-27(2)24-11-13-28-25-23(24)18-22(30(25)5)19-31-14-16-32(17-15-31)21-9-7-20(8-10-21)26(33)29(3)4;1-2(3)4/h7-11,13,18H,6,12,14-17,19H2,1-5H3;3-4H,1H3. The summed E-state index contributed by atoms with van der Waals surface area (Å²) in [6, 6.07) is 12.6. The Morgan fingerprint density at radius 3 is 2.24 bits per heavy atom. The van der Waals surface area contributed by atoms with E-state index in [2.05, 4.69) is 64.4 Å². The predicted molar refractivity (Wildman–Crippen MR) is 155 cm³/mol. The van der Waals surface area contributed by atoms with Crippen LogP contribution in [-0.4, -0.2) is 89.4 Å². The molecule has 0 saturated carbocycles. The van der Waals surface area contributed by atoms with Gasteiger partial charge in [-0.1, -0.05) is 32.0 Å². The Bertz CT molecular complexity index is 1160. The number of piperazine rings is 1. The molecule has 0 radical (unpaired) electrons. The van der Waals surface area contributed by atoms with E-state index in [0.29, 0.717) is 6.71 Å². The van der Waals surface area contributed by atoms with Crippen LogP contribution in [0.1, 0.15) is 29.4 Å². The van der Waals surface area contributed by atoms with Crippen molar-refractivity contribution in [3.63, 3.8) is 0 Å². The first kappa shape index (κ1) is 28.8. The minimum atomic E-state index is -1.17. The molecule has 0 bridgehead atoms. The van der Waals surface area contributed by atoms with Gasteiger partial charge in [-0.3, -0.25) is 9.69 Å². The molecule has 2 aromatic heterocycles. The van der Waals surface area contributed by atoms with E-state index in [1.165, 1.54) is 41.8 Å². The molecule has 0 atom stereocenters. The maximum Gasteiger partial charge on any atom is 0.448 e. The number of rotatable bonds is 7. The van der Waals surface area contributed by atoms with E-state index in [9.17, 15) is 4.79 Å². The van der Waals surface area contributed by atoms with Crippen molar-refractivity contribution < 1.29 is 14.8 Å². The van der Waals surface area contributed by atoms with E-state index in [4.69, 9.17) is 10.0 Å². The van der Waals surface area contributed by atoms with Crippen molar-refractivity contribution in [3.8, 4) is 0 Å². The lowest BCUT2D eigenvalue weighted by Crippen LogP contribution is -2.46. The van der Waals surface area contributed by atoms with Crippen LogP contribution in [0.3, 0.4) is 0 Å². The van der Waals surface area contributed by atoms with Gasteiger partial charge >= 0.3 is 7.12 Å². The fraction of sp³-hybridized carbons (Fsp3) is 0.481. The third-order valence-electron chi connectivity index (χ3n) is 6.96. The molecule has 4 rings (SSSR count). The lowest BCUT2D eigenvalue weighted by Gasteiger charge is -2.36. The van der Waals surface area contributed by atoms with Gasteiger partial charge in [0.15, 0.2) is 6.71 Å². The average molecular weight is 505 g/mol. The summed E-state index contributed by atoms with van der Waals surface area (Å²) in [5.41, 5.74) is 5.77. The molecule has 1 aliphatic rings. The van der Waals surface area contributed by atoms with E-state index in [1.54, 1.807) is 19.0 Å². The molecule has 1 aromatic carbocycles. The summed E-state index contributed by atoms with van der Waals surface area (Å²) in [6.07, 6.45) is 4.36. The van der Waals surface area contributed by atoms with Crippen molar-refractivity contribution in [3.05, 3.63) is 53.9 Å². The SMILES string of the molecule is CB(O)O.CCCB(C)c1ccnc2c1cc(CN1CCN(c3ccc(C(=O)N(C)C)cc3)CC1)n2C. The molecule has 3 heterocycles. The number of aryl methyl sites for hydroxylation is 1. The first-order valence-corrected chi connectivity index (χ1v) is 13.2. The number of hydrogen-bond donors (Lipinski definition) is 2. The highest BCUT2D eigenvalue weighted by atomic mass is 16.4. The second-order valence-corrected chi connectivity index (χ2v) is 10.2. The fourth-order valence-corrected chi connectivity index (χ4v) is 4.93. The zero-order valence-electron chi connectivity index (χ0n) is 23.2. The van der Waals surface area contributed by atoms with Crippen molar-refractivity contribution in [2.75, 3.05) is 45.2 Å². The maximum atomic E-state index is 12.1. The number of benzene rings is 1. The van der Waals surface area contributed by atoms with Gasteiger partial charge in [0.1, 0.15) is 5.65 Å². The summed E-state index contributed by atoms with van der Waals surface area (Å²) in [5, 5.41) is 16.5. The van der Waals surface area contributed by atoms with Crippen LogP contribution in [0.2, 0.25) is 20.0 Å². The molecule has 198 valence electrons. The van der Waals surface area contributed by atoms with Gasteiger partial charge in [0.2, 0.25) is 0 Å². The molecule has 1 aliphatic heterocycles. The number of aromatic nitrogens is 2. The van der Waals surface area contributed by atoms with Crippen LogP contribution in [0.25, 0.3) is 11.0 Å². The molecular weight excluding hydrogens is 464 g/mol. The van der Waals surface area contributed by atoms with E-state index < -0.39 is 7.12 Å². The second kappa shape index (κ2) is 13.1. The zero-order chi connectivity index (χ0) is 27.1. The Balaban J connectivity index is 0.000000886. The van der Waals surface area contributed by atoms with E-state index in [1.807, 2.05) is 18.3 Å². The molecule has 10 heteroatoms. The molecule has 1 fully saturated rings. The number of carbonyl (C=O) groups excluding carboxylic acids is 1. The Hall–Kier alpha value is -2.81. The molecule has 37 heavy (non-hydrogen) atoms. The highest BCUT2D eigenvalue weighted by molar-refractivity contribution is 6.74. The normalized spacial score (nSPS) is 13.8. The van der Waals surface area contributed by atoms with E-state index >= 15 is 0 Å². The largest absolute Gasteiger partial charge is 0.448 e. The molecule has 8 nitrogen and oxygen atoms in total. The van der Waals surface area contributed by atoms with E-state index in [-0.39, 0.29) is 5.91 Å². The number of pyridine rings is 1. The van der Waals surface area contributed by atoms with Crippen LogP contribution in [0.5, 0.6) is 0 Å². The number of nitrogens with zero attached hydrogens (tertiary/aromatic N) is 5. The van der Waals surface area contributed by atoms with Crippen LogP contribution < -0.4 is 10.4 Å². The summed E-state index contributed by atoms with van der Waals surface area (Å²) in [6.45, 7) is 11.4. The van der Waals surface area contributed by atoms with Crippen molar-refractivity contribution in [2.24, 2.45) is 7.05 Å². The van der Waals surface area contributed by atoms with Gasteiger partial charge in [-0.2, -0.15) is 0 Å². The second-order valence-electron chi connectivity index (χ2n) is 10.2. The summed E-state index contributed by atoms with van der Waals surface area (Å²) < 4.78 is 2.27. The third kappa shape index (κ3) is 7.37. The number of fused-ring (bicyclic) bond motifs is 1. The van der Waals surface area contributed by atoms with Crippen molar-refractivity contribution in [1.29, 1.82) is 0 Å². The molecule has 0 unspecified atom stereocenters. The fourth-order valence-electron chi connectivity index (χ4n) is 4.93. The summed E-state index contributed by atoms with van der Waals surface area (Å²) in [7, 11) is 4.55. The van der Waals surface area contributed by atoms with Crippen LogP contribution in [0.15, 0.2) is 42.6 Å². The highest BCUT2D eigenvalue weighted by Gasteiger charge is 2.21. The van der Waals surface area contributed by atoms with E-state index in [0.717, 1.165) is 43.9 Å². The summed E-state index contributed by atoms with van der Waals surface area (Å²) in [4.78, 5) is 23.4. The molecule has 1 saturated heterocycles. The lowest BCUT2D eigenvalue weighted by molar-refractivity contribution is 0.0827. The number of hydrogen-bond acceptors (Lipinski definition) is 6. The van der Waals surface area contributed by atoms with Gasteiger partial charge in [0, 0.05) is 82.4 Å². The van der Waals surface area contributed by atoms with Crippen LogP contribution in [0.4, 0.5) is 5.69 Å². The minimum Gasteiger partial charge on any atom is -0.427 e. The smallest absolute Gasteiger partial charge is 0.427 e. The third-order valence-corrected chi connectivity index (χ3v) is 6.96. The molecule has 1 amide bonds. The number of amides is 1. The summed E-state index contributed by atoms with van der Waals surface area (Å²) >= 11 is 0. The van der Waals surface area contributed by atoms with Crippen molar-refractivity contribution in [2.45, 2.75) is 39.9 Å². The quantitative estimate of drug-likeness (QED) is 0.480. The Labute approximate surface area is 222 Å². The van der Waals surface area contributed by atoms with Crippen LogP contribution in [0, 0.1) is 0 Å². The number of carbonyl (C=O) groups is 1. The predicted octanol–water partition coefficient (Wildman–Crippen LogP) is 2.43. The average Bonchev–Trinajstić information content (AvgIpc) is 3.19. The van der Waals surface area contributed by atoms with Crippen LogP contribution >= 0.6 is 0 Å². The van der Waals surface area contributed by atoms with Gasteiger partial charge in [-0.25, -0.2) is 4.98 Å². The number of anilines is 1. The maximum absolute atomic E-state index is 12.1. The van der Waals surface area contributed by atoms with Gasteiger partial charge in [0.05, 0.1) is 0 Å². The molecule has 0 aliphatic carbocycles. The lowest BCUT2D eigenvalue weighted by atomic mass is 9.44. The monoisotopic (exact) mass is 505 g/mol. The summed E-state index contributed by atoms with van der Waals surface area (Å²) in [5.74, 6) is 0.0445. The molecule has 0 spiro atoms. The van der Waals surface area contributed by atoms with Gasteiger partial charge in [-0.15, -0.1) is 0 Å². The minimum absolute atomic E-state index is 0.0445. The topological polar surface area (TPSA) is 85.1 Å². The Kier molecular flexibility index (Phi) is 10.2.